The molecular weight excluding hydrogens is 234 g/mol. The number of hydrogen-bond acceptors (Lipinski definition) is 1. The summed E-state index contributed by atoms with van der Waals surface area (Å²) >= 11 is 0. The summed E-state index contributed by atoms with van der Waals surface area (Å²) in [4.78, 5) is 0. The molecule has 17 heavy (non-hydrogen) atoms. The number of rotatable bonds is 4. The van der Waals surface area contributed by atoms with Gasteiger partial charge in [-0.2, -0.15) is 0 Å². The molecule has 0 radical (unpaired) electrons. The Morgan fingerprint density at radius 2 is 1.47 bits per heavy atom. The molecule has 1 aromatic carbocycles. The summed E-state index contributed by atoms with van der Waals surface area (Å²) in [7, 11) is 0. The lowest BCUT2D eigenvalue weighted by atomic mass is 9.97. The van der Waals surface area contributed by atoms with Gasteiger partial charge in [0.25, 0.3) is 0 Å². The average Bonchev–Trinajstić information content (AvgIpc) is 2.24. The van der Waals surface area contributed by atoms with Crippen molar-refractivity contribution in [1.82, 2.24) is 0 Å². The highest BCUT2D eigenvalue weighted by molar-refractivity contribution is 5.25. The van der Waals surface area contributed by atoms with E-state index in [4.69, 9.17) is 5.73 Å². The summed E-state index contributed by atoms with van der Waals surface area (Å²) < 4.78 is 52.6. The second-order valence-corrected chi connectivity index (χ2v) is 4.46. The van der Waals surface area contributed by atoms with Crippen LogP contribution in [0.3, 0.4) is 0 Å². The van der Waals surface area contributed by atoms with Gasteiger partial charge in [-0.1, -0.05) is 13.8 Å². The summed E-state index contributed by atoms with van der Waals surface area (Å²) in [6.45, 7) is 3.84. The van der Waals surface area contributed by atoms with Crippen molar-refractivity contribution in [1.29, 1.82) is 0 Å². The molecule has 0 aliphatic heterocycles. The van der Waals surface area contributed by atoms with E-state index in [-0.39, 0.29) is 12.5 Å². The molecule has 0 saturated heterocycles. The Labute approximate surface area is 97.6 Å². The molecule has 1 atom stereocenters. The largest absolute Gasteiger partial charge is 0.324 e. The van der Waals surface area contributed by atoms with Crippen LogP contribution in [0.4, 0.5) is 17.6 Å². The molecule has 0 heterocycles. The lowest BCUT2D eigenvalue weighted by Gasteiger charge is -2.15. The molecule has 0 aromatic heterocycles. The molecule has 0 aliphatic carbocycles. The van der Waals surface area contributed by atoms with Crippen LogP contribution in [-0.4, -0.2) is 0 Å². The van der Waals surface area contributed by atoms with Gasteiger partial charge in [-0.3, -0.25) is 0 Å². The lowest BCUT2D eigenvalue weighted by Crippen LogP contribution is -2.17. The van der Waals surface area contributed by atoms with Crippen LogP contribution in [0.1, 0.15) is 38.3 Å². The predicted molar refractivity (Wildman–Crippen MR) is 57.3 cm³/mol. The summed E-state index contributed by atoms with van der Waals surface area (Å²) in [5.41, 5.74) is 4.86. The monoisotopic (exact) mass is 249 g/mol. The molecular formula is C12H15F4N. The number of halogens is 4. The van der Waals surface area contributed by atoms with Gasteiger partial charge in [0.1, 0.15) is 0 Å². The Balaban J connectivity index is 3.03. The van der Waals surface area contributed by atoms with Crippen molar-refractivity contribution in [2.24, 2.45) is 11.7 Å². The van der Waals surface area contributed by atoms with Gasteiger partial charge in [-0.05, 0) is 18.8 Å². The van der Waals surface area contributed by atoms with Crippen LogP contribution in [0.15, 0.2) is 6.07 Å². The van der Waals surface area contributed by atoms with E-state index in [0.29, 0.717) is 12.3 Å². The molecule has 0 saturated carbocycles. The average molecular weight is 249 g/mol. The first-order chi connectivity index (χ1) is 7.84. The highest BCUT2D eigenvalue weighted by Gasteiger charge is 2.23. The van der Waals surface area contributed by atoms with Gasteiger partial charge < -0.3 is 5.73 Å². The minimum atomic E-state index is -1.42. The maximum Gasteiger partial charge on any atom is 0.166 e. The first-order valence-electron chi connectivity index (χ1n) is 5.43. The molecule has 2 N–H and O–H groups in total. The van der Waals surface area contributed by atoms with Crippen LogP contribution in [0, 0.1) is 29.2 Å². The van der Waals surface area contributed by atoms with E-state index in [2.05, 4.69) is 0 Å². The summed E-state index contributed by atoms with van der Waals surface area (Å²) in [6.07, 6.45) is 0.895. The third-order valence-electron chi connectivity index (χ3n) is 2.57. The van der Waals surface area contributed by atoms with E-state index in [1.165, 1.54) is 0 Å². The minimum absolute atomic E-state index is 0.184. The summed E-state index contributed by atoms with van der Waals surface area (Å²) in [6, 6.07) is -0.855. The van der Waals surface area contributed by atoms with Crippen molar-refractivity contribution in [3.05, 3.63) is 34.9 Å². The van der Waals surface area contributed by atoms with Gasteiger partial charge >= 0.3 is 0 Å². The minimum Gasteiger partial charge on any atom is -0.324 e. The zero-order chi connectivity index (χ0) is 13.2. The van der Waals surface area contributed by atoms with E-state index in [1.54, 1.807) is 0 Å². The Kier molecular flexibility index (Phi) is 4.51. The van der Waals surface area contributed by atoms with Crippen LogP contribution in [0.25, 0.3) is 0 Å². The zero-order valence-electron chi connectivity index (χ0n) is 9.74. The Hall–Kier alpha value is -1.10. The number of hydrogen-bond donors (Lipinski definition) is 1. The van der Waals surface area contributed by atoms with Crippen LogP contribution in [0.5, 0.6) is 0 Å². The maximum atomic E-state index is 13.4. The lowest BCUT2D eigenvalue weighted by molar-refractivity contribution is 0.412. The molecule has 0 spiro atoms. The second-order valence-electron chi connectivity index (χ2n) is 4.46. The van der Waals surface area contributed by atoms with Crippen molar-refractivity contribution < 1.29 is 17.6 Å². The van der Waals surface area contributed by atoms with E-state index >= 15 is 0 Å². The van der Waals surface area contributed by atoms with Crippen molar-refractivity contribution in [3.63, 3.8) is 0 Å². The number of nitrogens with two attached hydrogens (primary N) is 1. The SMILES string of the molecule is CC(C)CC[C@@H](N)c1c(F)c(F)cc(F)c1F. The van der Waals surface area contributed by atoms with Crippen molar-refractivity contribution >= 4 is 0 Å². The van der Waals surface area contributed by atoms with E-state index in [9.17, 15) is 17.6 Å². The Bertz CT molecular complexity index is 378. The van der Waals surface area contributed by atoms with Crippen molar-refractivity contribution in [2.45, 2.75) is 32.7 Å². The van der Waals surface area contributed by atoms with Crippen LogP contribution >= 0.6 is 0 Å². The first-order valence-corrected chi connectivity index (χ1v) is 5.43. The molecule has 0 unspecified atom stereocenters. The normalized spacial score (nSPS) is 13.2. The van der Waals surface area contributed by atoms with Crippen molar-refractivity contribution in [2.75, 3.05) is 0 Å². The third kappa shape index (κ3) is 3.19. The molecule has 0 bridgehead atoms. The van der Waals surface area contributed by atoms with Gasteiger partial charge in [-0.25, -0.2) is 17.6 Å². The Morgan fingerprint density at radius 1 is 1.00 bits per heavy atom. The quantitative estimate of drug-likeness (QED) is 0.639. The molecule has 0 aliphatic rings. The molecule has 1 rings (SSSR count). The second kappa shape index (κ2) is 5.49. The highest BCUT2D eigenvalue weighted by atomic mass is 19.2. The maximum absolute atomic E-state index is 13.4. The van der Waals surface area contributed by atoms with E-state index in [1.807, 2.05) is 13.8 Å². The molecule has 5 heteroatoms. The van der Waals surface area contributed by atoms with Gasteiger partial charge in [0.15, 0.2) is 23.3 Å². The zero-order valence-corrected chi connectivity index (χ0v) is 9.74. The van der Waals surface area contributed by atoms with E-state index in [0.717, 1.165) is 0 Å². The summed E-state index contributed by atoms with van der Waals surface area (Å²) in [5, 5.41) is 0. The van der Waals surface area contributed by atoms with Crippen LogP contribution < -0.4 is 5.73 Å². The van der Waals surface area contributed by atoms with Crippen molar-refractivity contribution in [3.8, 4) is 0 Å². The van der Waals surface area contributed by atoms with Gasteiger partial charge in [0.2, 0.25) is 0 Å². The van der Waals surface area contributed by atoms with Gasteiger partial charge in [-0.15, -0.1) is 0 Å². The summed E-state index contributed by atoms with van der Waals surface area (Å²) in [5.74, 6) is -5.34. The Morgan fingerprint density at radius 3 is 1.88 bits per heavy atom. The molecule has 1 aromatic rings. The predicted octanol–water partition coefficient (Wildman–Crippen LogP) is 3.68. The fourth-order valence-electron chi connectivity index (χ4n) is 1.57. The highest BCUT2D eigenvalue weighted by Crippen LogP contribution is 2.27. The molecule has 0 fully saturated rings. The fraction of sp³-hybridized carbons (Fsp3) is 0.500. The topological polar surface area (TPSA) is 26.0 Å². The molecule has 1 nitrogen and oxygen atoms in total. The van der Waals surface area contributed by atoms with E-state index < -0.39 is 34.9 Å². The van der Waals surface area contributed by atoms with Crippen LogP contribution in [0.2, 0.25) is 0 Å². The fourth-order valence-corrected chi connectivity index (χ4v) is 1.57. The van der Waals surface area contributed by atoms with Gasteiger partial charge in [0, 0.05) is 17.7 Å². The molecule has 0 amide bonds. The molecule has 96 valence electrons. The van der Waals surface area contributed by atoms with Gasteiger partial charge in [0.05, 0.1) is 0 Å². The first kappa shape index (κ1) is 14.0. The van der Waals surface area contributed by atoms with Crippen LogP contribution in [-0.2, 0) is 0 Å². The third-order valence-corrected chi connectivity index (χ3v) is 2.57. The number of benzene rings is 1. The smallest absolute Gasteiger partial charge is 0.166 e. The standard InChI is InChI=1S/C12H15F4N/c1-6(2)3-4-9(17)10-11(15)7(13)5-8(14)12(10)16/h5-6,9H,3-4,17H2,1-2H3/t9-/m1/s1.